The molecule has 0 aliphatic heterocycles. The minimum Gasteiger partial charge on any atom is -0.366 e. The molecule has 1 aliphatic carbocycles. The molecule has 1 fully saturated rings. The molecule has 0 spiro atoms. The smallest absolute Gasteiger partial charge is 0.262 e. The maximum atomic E-state index is 12.5. The zero-order valence-electron chi connectivity index (χ0n) is 12.2. The van der Waals surface area contributed by atoms with Gasteiger partial charge in [0, 0.05) is 16.5 Å². The summed E-state index contributed by atoms with van der Waals surface area (Å²) in [6.07, 6.45) is 3.96. The van der Waals surface area contributed by atoms with Crippen LogP contribution in [0, 0.1) is 6.92 Å². The van der Waals surface area contributed by atoms with Gasteiger partial charge in [-0.15, -0.1) is 22.7 Å². The Morgan fingerprint density at radius 2 is 2.00 bits per heavy atom. The van der Waals surface area contributed by atoms with Crippen LogP contribution >= 0.6 is 22.7 Å². The van der Waals surface area contributed by atoms with Crippen molar-refractivity contribution in [3.63, 3.8) is 0 Å². The maximum absolute atomic E-state index is 12.5. The van der Waals surface area contributed by atoms with Crippen LogP contribution in [-0.2, 0) is 5.54 Å². The average Bonchev–Trinajstić information content (AvgIpc) is 3.17. The molecule has 0 radical (unpaired) electrons. The van der Waals surface area contributed by atoms with Gasteiger partial charge in [0.2, 0.25) is 5.91 Å². The van der Waals surface area contributed by atoms with Crippen LogP contribution in [0.4, 0.5) is 0 Å². The Hall–Kier alpha value is -1.73. The number of rotatable bonds is 4. The van der Waals surface area contributed by atoms with Crippen LogP contribution in [-0.4, -0.2) is 16.8 Å². The Morgan fingerprint density at radius 1 is 1.27 bits per heavy atom. The van der Waals surface area contributed by atoms with Gasteiger partial charge in [-0.2, -0.15) is 0 Å². The lowest BCUT2D eigenvalue weighted by Gasteiger charge is -2.27. The lowest BCUT2D eigenvalue weighted by Crippen LogP contribution is -2.43. The SMILES string of the molecule is Cc1csc(C2(NC(=O)c3cc(C(N)=O)cs3)CCCC2)n1. The largest absolute Gasteiger partial charge is 0.366 e. The summed E-state index contributed by atoms with van der Waals surface area (Å²) < 4.78 is 0. The number of aromatic nitrogens is 1. The molecule has 3 rings (SSSR count). The van der Waals surface area contributed by atoms with Crippen molar-refractivity contribution >= 4 is 34.5 Å². The van der Waals surface area contributed by atoms with E-state index in [2.05, 4.69) is 10.3 Å². The Kier molecular flexibility index (Phi) is 4.01. The first-order valence-electron chi connectivity index (χ1n) is 7.14. The minimum atomic E-state index is -0.513. The van der Waals surface area contributed by atoms with Crippen LogP contribution < -0.4 is 11.1 Å². The summed E-state index contributed by atoms with van der Waals surface area (Å²) in [4.78, 5) is 28.8. The van der Waals surface area contributed by atoms with Gasteiger partial charge in [0.1, 0.15) is 5.01 Å². The summed E-state index contributed by atoms with van der Waals surface area (Å²) >= 11 is 2.83. The normalized spacial score (nSPS) is 16.6. The van der Waals surface area contributed by atoms with E-state index in [-0.39, 0.29) is 11.4 Å². The number of hydrogen-bond donors (Lipinski definition) is 2. The summed E-state index contributed by atoms with van der Waals surface area (Å²) in [5.41, 5.74) is 6.23. The molecule has 2 aromatic heterocycles. The molecule has 2 heterocycles. The summed E-state index contributed by atoms with van der Waals surface area (Å²) in [7, 11) is 0. The van der Waals surface area contributed by atoms with E-state index in [0.29, 0.717) is 10.4 Å². The van der Waals surface area contributed by atoms with Crippen molar-refractivity contribution < 1.29 is 9.59 Å². The summed E-state index contributed by atoms with van der Waals surface area (Å²) in [5, 5.41) is 7.76. The fourth-order valence-electron chi connectivity index (χ4n) is 2.81. The van der Waals surface area contributed by atoms with Crippen LogP contribution in [0.25, 0.3) is 0 Å². The number of thiazole rings is 1. The van der Waals surface area contributed by atoms with Gasteiger partial charge in [-0.3, -0.25) is 9.59 Å². The van der Waals surface area contributed by atoms with E-state index in [0.717, 1.165) is 36.4 Å². The predicted molar refractivity (Wildman–Crippen MR) is 87.3 cm³/mol. The Morgan fingerprint density at radius 3 is 2.55 bits per heavy atom. The van der Waals surface area contributed by atoms with E-state index in [1.54, 1.807) is 22.8 Å². The molecule has 0 atom stereocenters. The fraction of sp³-hybridized carbons (Fsp3) is 0.400. The summed E-state index contributed by atoms with van der Waals surface area (Å²) in [6, 6.07) is 1.55. The lowest BCUT2D eigenvalue weighted by molar-refractivity contribution is 0.0902. The fourth-order valence-corrected chi connectivity index (χ4v) is 4.61. The molecule has 5 nitrogen and oxygen atoms in total. The van der Waals surface area contributed by atoms with Gasteiger partial charge in [0.15, 0.2) is 0 Å². The van der Waals surface area contributed by atoms with Gasteiger partial charge in [-0.25, -0.2) is 4.98 Å². The highest BCUT2D eigenvalue weighted by molar-refractivity contribution is 7.12. The van der Waals surface area contributed by atoms with Crippen molar-refractivity contribution in [1.29, 1.82) is 0 Å². The first kappa shape index (κ1) is 15.2. The Labute approximate surface area is 136 Å². The molecule has 3 N–H and O–H groups in total. The van der Waals surface area contributed by atoms with Crippen molar-refractivity contribution in [1.82, 2.24) is 10.3 Å². The van der Waals surface area contributed by atoms with E-state index in [4.69, 9.17) is 5.73 Å². The summed E-state index contributed by atoms with van der Waals surface area (Å²) in [6.45, 7) is 1.96. The monoisotopic (exact) mass is 335 g/mol. The second-order valence-corrected chi connectivity index (χ2v) is 7.37. The molecule has 116 valence electrons. The molecule has 22 heavy (non-hydrogen) atoms. The number of nitrogens with zero attached hydrogens (tertiary/aromatic N) is 1. The Bertz CT molecular complexity index is 714. The molecule has 0 unspecified atom stereocenters. The third-order valence-electron chi connectivity index (χ3n) is 3.95. The van der Waals surface area contributed by atoms with Crippen molar-refractivity contribution in [2.45, 2.75) is 38.1 Å². The first-order chi connectivity index (χ1) is 10.5. The number of carbonyl (C=O) groups is 2. The highest BCUT2D eigenvalue weighted by Crippen LogP contribution is 2.40. The van der Waals surface area contributed by atoms with Gasteiger partial charge < -0.3 is 11.1 Å². The van der Waals surface area contributed by atoms with Crippen LogP contribution in [0.5, 0.6) is 0 Å². The Balaban J connectivity index is 1.84. The van der Waals surface area contributed by atoms with E-state index in [9.17, 15) is 9.59 Å². The highest BCUT2D eigenvalue weighted by Gasteiger charge is 2.40. The second-order valence-electron chi connectivity index (χ2n) is 5.60. The van der Waals surface area contributed by atoms with Crippen molar-refractivity contribution in [2.24, 2.45) is 5.73 Å². The van der Waals surface area contributed by atoms with Gasteiger partial charge in [0.05, 0.1) is 16.0 Å². The van der Waals surface area contributed by atoms with Gasteiger partial charge in [0.25, 0.3) is 5.91 Å². The van der Waals surface area contributed by atoms with E-state index < -0.39 is 5.91 Å². The molecule has 2 amide bonds. The quantitative estimate of drug-likeness (QED) is 0.901. The standard InChI is InChI=1S/C15H17N3O2S2/c1-9-7-22-14(17-9)15(4-2-3-5-15)18-13(20)11-6-10(8-21-11)12(16)19/h6-8H,2-5H2,1H3,(H2,16,19)(H,18,20). The molecular weight excluding hydrogens is 318 g/mol. The average molecular weight is 335 g/mol. The third-order valence-corrected chi connectivity index (χ3v) is 6.04. The number of primary amides is 1. The molecule has 0 aromatic carbocycles. The first-order valence-corrected chi connectivity index (χ1v) is 8.89. The van der Waals surface area contributed by atoms with E-state index >= 15 is 0 Å². The van der Waals surface area contributed by atoms with Crippen molar-refractivity contribution in [2.75, 3.05) is 0 Å². The number of carbonyl (C=O) groups excluding carboxylic acids is 2. The zero-order valence-corrected chi connectivity index (χ0v) is 13.9. The van der Waals surface area contributed by atoms with Gasteiger partial charge in [-0.1, -0.05) is 12.8 Å². The molecule has 1 aliphatic rings. The van der Waals surface area contributed by atoms with Gasteiger partial charge in [-0.05, 0) is 25.8 Å². The van der Waals surface area contributed by atoms with Crippen LogP contribution in [0.1, 0.15) is 56.4 Å². The number of hydrogen-bond acceptors (Lipinski definition) is 5. The zero-order chi connectivity index (χ0) is 15.7. The molecular formula is C15H17N3O2S2. The minimum absolute atomic E-state index is 0.160. The molecule has 2 aromatic rings. The molecule has 1 saturated carbocycles. The third kappa shape index (κ3) is 2.78. The van der Waals surface area contributed by atoms with E-state index in [1.807, 2.05) is 12.3 Å². The molecule has 7 heteroatoms. The van der Waals surface area contributed by atoms with E-state index in [1.165, 1.54) is 11.3 Å². The number of nitrogens with one attached hydrogen (secondary N) is 1. The second kappa shape index (κ2) is 5.81. The number of thiophene rings is 1. The predicted octanol–water partition coefficient (Wildman–Crippen LogP) is 2.81. The van der Waals surface area contributed by atoms with Crippen LogP contribution in [0.2, 0.25) is 0 Å². The van der Waals surface area contributed by atoms with Crippen molar-refractivity contribution in [3.05, 3.63) is 38.0 Å². The highest BCUT2D eigenvalue weighted by atomic mass is 32.1. The number of aryl methyl sites for hydroxylation is 1. The number of nitrogens with two attached hydrogens (primary N) is 1. The number of amides is 2. The van der Waals surface area contributed by atoms with Crippen molar-refractivity contribution in [3.8, 4) is 0 Å². The van der Waals surface area contributed by atoms with Crippen LogP contribution in [0.15, 0.2) is 16.8 Å². The van der Waals surface area contributed by atoms with Crippen LogP contribution in [0.3, 0.4) is 0 Å². The van der Waals surface area contributed by atoms with Gasteiger partial charge >= 0.3 is 0 Å². The maximum Gasteiger partial charge on any atom is 0.262 e. The molecule has 0 saturated heterocycles. The molecule has 0 bridgehead atoms. The lowest BCUT2D eigenvalue weighted by atomic mass is 9.98. The topological polar surface area (TPSA) is 85.1 Å². The summed E-state index contributed by atoms with van der Waals surface area (Å²) in [5.74, 6) is -0.673.